The van der Waals surface area contributed by atoms with E-state index in [2.05, 4.69) is 12.2 Å². The van der Waals surface area contributed by atoms with Crippen molar-refractivity contribution in [2.75, 3.05) is 6.54 Å². The summed E-state index contributed by atoms with van der Waals surface area (Å²) in [5, 5.41) is 4.33. The summed E-state index contributed by atoms with van der Waals surface area (Å²) in [7, 11) is 0. The van der Waals surface area contributed by atoms with Gasteiger partial charge in [0, 0.05) is 16.5 Å². The van der Waals surface area contributed by atoms with Gasteiger partial charge in [0.25, 0.3) is 0 Å². The van der Waals surface area contributed by atoms with E-state index in [1.807, 2.05) is 13.0 Å². The Balaban J connectivity index is 2.02. The van der Waals surface area contributed by atoms with E-state index < -0.39 is 0 Å². The van der Waals surface area contributed by atoms with E-state index in [0.717, 1.165) is 42.1 Å². The summed E-state index contributed by atoms with van der Waals surface area (Å²) in [6.45, 7) is 5.06. The number of nitrogens with zero attached hydrogens (tertiary/aromatic N) is 1. The standard InChI is InChI=1S/C16H19FN2S/c1-3-18-13-5-4-6-14-15(13)20-16(19-14)11-9-10(2)7-8-12(11)17/h7-9,13,18H,3-6H2,1-2H3. The Labute approximate surface area is 123 Å². The second-order valence-electron chi connectivity index (χ2n) is 5.32. The van der Waals surface area contributed by atoms with Crippen molar-refractivity contribution in [2.24, 2.45) is 0 Å². The molecule has 2 aromatic rings. The first-order valence-electron chi connectivity index (χ1n) is 7.18. The summed E-state index contributed by atoms with van der Waals surface area (Å²) in [6, 6.07) is 5.62. The van der Waals surface area contributed by atoms with Crippen LogP contribution in [0.4, 0.5) is 4.39 Å². The number of aryl methyl sites for hydroxylation is 2. The summed E-state index contributed by atoms with van der Waals surface area (Å²) in [6.07, 6.45) is 3.32. The molecular formula is C16H19FN2S. The van der Waals surface area contributed by atoms with Crippen molar-refractivity contribution in [1.82, 2.24) is 10.3 Å². The molecule has 4 heteroatoms. The summed E-state index contributed by atoms with van der Waals surface area (Å²) >= 11 is 1.65. The van der Waals surface area contributed by atoms with Crippen LogP contribution in [0, 0.1) is 12.7 Å². The maximum atomic E-state index is 14.0. The first kappa shape index (κ1) is 13.7. The zero-order chi connectivity index (χ0) is 14.1. The summed E-state index contributed by atoms with van der Waals surface area (Å²) < 4.78 is 14.0. The van der Waals surface area contributed by atoms with Crippen LogP contribution in [0.1, 0.15) is 41.9 Å². The number of hydrogen-bond acceptors (Lipinski definition) is 3. The Morgan fingerprint density at radius 3 is 3.10 bits per heavy atom. The first-order chi connectivity index (χ1) is 9.69. The molecule has 1 unspecified atom stereocenters. The Hall–Kier alpha value is -1.26. The molecule has 0 saturated carbocycles. The van der Waals surface area contributed by atoms with Gasteiger partial charge in [0.2, 0.25) is 0 Å². The number of hydrogen-bond donors (Lipinski definition) is 1. The van der Waals surface area contributed by atoms with Crippen LogP contribution in [-0.4, -0.2) is 11.5 Å². The number of rotatable bonds is 3. The molecule has 0 aliphatic heterocycles. The highest BCUT2D eigenvalue weighted by atomic mass is 32.1. The monoisotopic (exact) mass is 290 g/mol. The molecule has 1 aromatic heterocycles. The third-order valence-corrected chi connectivity index (χ3v) is 5.00. The van der Waals surface area contributed by atoms with E-state index in [1.165, 1.54) is 10.9 Å². The van der Waals surface area contributed by atoms with Crippen molar-refractivity contribution in [3.63, 3.8) is 0 Å². The molecule has 0 saturated heterocycles. The van der Waals surface area contributed by atoms with Crippen LogP contribution in [0.15, 0.2) is 18.2 Å². The quantitative estimate of drug-likeness (QED) is 0.914. The number of thiazole rings is 1. The molecule has 1 heterocycles. The van der Waals surface area contributed by atoms with Crippen LogP contribution in [0.2, 0.25) is 0 Å². The highest BCUT2D eigenvalue weighted by Crippen LogP contribution is 2.38. The van der Waals surface area contributed by atoms with Gasteiger partial charge in [0.1, 0.15) is 10.8 Å². The van der Waals surface area contributed by atoms with E-state index in [-0.39, 0.29) is 5.82 Å². The second kappa shape index (κ2) is 5.62. The van der Waals surface area contributed by atoms with Gasteiger partial charge in [-0.15, -0.1) is 11.3 Å². The maximum absolute atomic E-state index is 14.0. The van der Waals surface area contributed by atoms with Crippen LogP contribution < -0.4 is 5.32 Å². The minimum atomic E-state index is -0.179. The SMILES string of the molecule is CCNC1CCCc2nc(-c3cc(C)ccc3F)sc21. The van der Waals surface area contributed by atoms with Gasteiger partial charge >= 0.3 is 0 Å². The third-order valence-electron chi connectivity index (χ3n) is 3.75. The first-order valence-corrected chi connectivity index (χ1v) is 8.00. The predicted octanol–water partition coefficient (Wildman–Crippen LogP) is 4.24. The predicted molar refractivity (Wildman–Crippen MR) is 81.6 cm³/mol. The minimum Gasteiger partial charge on any atom is -0.309 e. The Morgan fingerprint density at radius 2 is 2.30 bits per heavy atom. The highest BCUT2D eigenvalue weighted by Gasteiger charge is 2.24. The molecule has 0 radical (unpaired) electrons. The second-order valence-corrected chi connectivity index (χ2v) is 6.35. The van der Waals surface area contributed by atoms with Crippen LogP contribution in [0.5, 0.6) is 0 Å². The fraction of sp³-hybridized carbons (Fsp3) is 0.438. The number of benzene rings is 1. The van der Waals surface area contributed by atoms with Gasteiger partial charge in [0.15, 0.2) is 0 Å². The van der Waals surface area contributed by atoms with Gasteiger partial charge in [-0.05, 0) is 44.9 Å². The lowest BCUT2D eigenvalue weighted by Gasteiger charge is -2.21. The molecule has 1 atom stereocenters. The van der Waals surface area contributed by atoms with Gasteiger partial charge in [0.05, 0.1) is 5.69 Å². The average Bonchev–Trinajstić information content (AvgIpc) is 2.87. The van der Waals surface area contributed by atoms with Crippen molar-refractivity contribution in [1.29, 1.82) is 0 Å². The largest absolute Gasteiger partial charge is 0.309 e. The highest BCUT2D eigenvalue weighted by molar-refractivity contribution is 7.15. The maximum Gasteiger partial charge on any atom is 0.133 e. The fourth-order valence-electron chi connectivity index (χ4n) is 2.78. The van der Waals surface area contributed by atoms with E-state index in [0.29, 0.717) is 11.6 Å². The molecular weight excluding hydrogens is 271 g/mol. The van der Waals surface area contributed by atoms with E-state index in [4.69, 9.17) is 4.98 Å². The Bertz CT molecular complexity index is 621. The third kappa shape index (κ3) is 2.50. The molecule has 0 amide bonds. The molecule has 0 fully saturated rings. The van der Waals surface area contributed by atoms with Crippen molar-refractivity contribution < 1.29 is 4.39 Å². The van der Waals surface area contributed by atoms with Gasteiger partial charge in [-0.2, -0.15) is 0 Å². The van der Waals surface area contributed by atoms with Crippen LogP contribution in [0.25, 0.3) is 10.6 Å². The topological polar surface area (TPSA) is 24.9 Å². The molecule has 1 N–H and O–H groups in total. The summed E-state index contributed by atoms with van der Waals surface area (Å²) in [4.78, 5) is 5.99. The number of fused-ring (bicyclic) bond motifs is 1. The van der Waals surface area contributed by atoms with Crippen molar-refractivity contribution in [3.05, 3.63) is 40.2 Å². The molecule has 0 spiro atoms. The molecule has 0 bridgehead atoms. The van der Waals surface area contributed by atoms with Gasteiger partial charge in [-0.3, -0.25) is 0 Å². The van der Waals surface area contributed by atoms with Crippen LogP contribution in [0.3, 0.4) is 0 Å². The van der Waals surface area contributed by atoms with Crippen molar-refractivity contribution >= 4 is 11.3 Å². The summed E-state index contributed by atoms with van der Waals surface area (Å²) in [5.41, 5.74) is 2.86. The van der Waals surface area contributed by atoms with Gasteiger partial charge < -0.3 is 5.32 Å². The summed E-state index contributed by atoms with van der Waals surface area (Å²) in [5.74, 6) is -0.179. The molecule has 1 aliphatic rings. The van der Waals surface area contributed by atoms with Crippen LogP contribution in [-0.2, 0) is 6.42 Å². The molecule has 1 aliphatic carbocycles. The van der Waals surface area contributed by atoms with E-state index in [1.54, 1.807) is 17.4 Å². The van der Waals surface area contributed by atoms with Crippen LogP contribution >= 0.6 is 11.3 Å². The lowest BCUT2D eigenvalue weighted by atomic mass is 9.98. The average molecular weight is 290 g/mol. The molecule has 20 heavy (non-hydrogen) atoms. The van der Waals surface area contributed by atoms with Gasteiger partial charge in [-0.25, -0.2) is 9.37 Å². The zero-order valence-corrected chi connectivity index (χ0v) is 12.7. The Morgan fingerprint density at radius 1 is 1.45 bits per heavy atom. The van der Waals surface area contributed by atoms with Crippen molar-refractivity contribution in [2.45, 2.75) is 39.2 Å². The smallest absolute Gasteiger partial charge is 0.133 e. The number of halogens is 1. The Kier molecular flexibility index (Phi) is 3.85. The zero-order valence-electron chi connectivity index (χ0n) is 11.9. The molecule has 1 aromatic carbocycles. The molecule has 3 rings (SSSR count). The molecule has 2 nitrogen and oxygen atoms in total. The minimum absolute atomic E-state index is 0.179. The fourth-order valence-corrected chi connectivity index (χ4v) is 4.02. The molecule has 106 valence electrons. The van der Waals surface area contributed by atoms with E-state index >= 15 is 0 Å². The lowest BCUT2D eigenvalue weighted by molar-refractivity contribution is 0.476. The van der Waals surface area contributed by atoms with Gasteiger partial charge in [-0.1, -0.05) is 18.6 Å². The normalized spacial score (nSPS) is 18.1. The van der Waals surface area contributed by atoms with Crippen molar-refractivity contribution in [3.8, 4) is 10.6 Å². The number of aromatic nitrogens is 1. The lowest BCUT2D eigenvalue weighted by Crippen LogP contribution is -2.23. The number of nitrogens with one attached hydrogen (secondary N) is 1. The van der Waals surface area contributed by atoms with E-state index in [9.17, 15) is 4.39 Å².